The average Bonchev–Trinajstić information content (AvgIpc) is 2.47. The lowest BCUT2D eigenvalue weighted by Crippen LogP contribution is -2.38. The molecule has 0 aliphatic heterocycles. The van der Waals surface area contributed by atoms with Gasteiger partial charge in [-0.25, -0.2) is 0 Å². The lowest BCUT2D eigenvalue weighted by Gasteiger charge is -2.20. The topological polar surface area (TPSA) is 12.0 Å². The van der Waals surface area contributed by atoms with E-state index in [1.54, 1.807) is 0 Å². The quantitative estimate of drug-likeness (QED) is 0.632. The summed E-state index contributed by atoms with van der Waals surface area (Å²) in [6.07, 6.45) is 10.5. The molecule has 1 saturated carbocycles. The summed E-state index contributed by atoms with van der Waals surface area (Å²) >= 11 is 0. The van der Waals surface area contributed by atoms with Crippen LogP contribution in [0.3, 0.4) is 0 Å². The minimum atomic E-state index is 0.288. The van der Waals surface area contributed by atoms with Gasteiger partial charge in [-0.1, -0.05) is 26.2 Å². The number of hydrogen-bond acceptors (Lipinski definition) is 1. The van der Waals surface area contributed by atoms with Gasteiger partial charge in [0.1, 0.15) is 0 Å². The van der Waals surface area contributed by atoms with Crippen molar-refractivity contribution < 1.29 is 0 Å². The highest BCUT2D eigenvalue weighted by molar-refractivity contribution is 5.00. The first-order chi connectivity index (χ1) is 5.77. The van der Waals surface area contributed by atoms with Crippen molar-refractivity contribution in [1.82, 2.24) is 5.32 Å². The normalized spacial score (nSPS) is 31.4. The minimum Gasteiger partial charge on any atom is -0.301 e. The molecule has 0 bridgehead atoms. The van der Waals surface area contributed by atoms with Gasteiger partial charge in [0, 0.05) is 6.04 Å². The Morgan fingerprint density at radius 2 is 2.33 bits per heavy atom. The van der Waals surface area contributed by atoms with Crippen molar-refractivity contribution in [3.05, 3.63) is 0 Å². The van der Waals surface area contributed by atoms with Crippen molar-refractivity contribution >= 4 is 0 Å². The molecule has 1 rings (SSSR count). The van der Waals surface area contributed by atoms with Gasteiger partial charge >= 0.3 is 0 Å². The SMILES string of the molecule is C#CC(CC)NC1CCCC1C. The number of rotatable bonds is 3. The Kier molecular flexibility index (Phi) is 3.62. The minimum absolute atomic E-state index is 0.288. The van der Waals surface area contributed by atoms with E-state index in [0.29, 0.717) is 6.04 Å². The van der Waals surface area contributed by atoms with Crippen molar-refractivity contribution in [2.75, 3.05) is 0 Å². The maximum Gasteiger partial charge on any atom is 0.0686 e. The van der Waals surface area contributed by atoms with Crippen molar-refractivity contribution in [2.24, 2.45) is 5.92 Å². The lowest BCUT2D eigenvalue weighted by molar-refractivity contribution is 0.400. The maximum absolute atomic E-state index is 5.39. The second-order valence-electron chi connectivity index (χ2n) is 3.81. The van der Waals surface area contributed by atoms with Gasteiger partial charge in [0.05, 0.1) is 6.04 Å². The second-order valence-corrected chi connectivity index (χ2v) is 3.81. The molecule has 0 aromatic carbocycles. The fourth-order valence-corrected chi connectivity index (χ4v) is 1.94. The molecular weight excluding hydrogens is 146 g/mol. The van der Waals surface area contributed by atoms with Crippen LogP contribution in [-0.2, 0) is 0 Å². The highest BCUT2D eigenvalue weighted by Crippen LogP contribution is 2.25. The van der Waals surface area contributed by atoms with E-state index in [1.165, 1.54) is 19.3 Å². The van der Waals surface area contributed by atoms with Gasteiger partial charge in [-0.15, -0.1) is 6.42 Å². The van der Waals surface area contributed by atoms with Crippen molar-refractivity contribution in [3.8, 4) is 12.3 Å². The molecule has 0 saturated heterocycles. The van der Waals surface area contributed by atoms with Crippen LogP contribution in [0, 0.1) is 18.3 Å². The van der Waals surface area contributed by atoms with Gasteiger partial charge in [0.2, 0.25) is 0 Å². The van der Waals surface area contributed by atoms with E-state index in [0.717, 1.165) is 12.3 Å². The van der Waals surface area contributed by atoms with E-state index in [9.17, 15) is 0 Å². The van der Waals surface area contributed by atoms with E-state index in [2.05, 4.69) is 25.1 Å². The van der Waals surface area contributed by atoms with Crippen LogP contribution in [0.1, 0.15) is 39.5 Å². The predicted octanol–water partition coefficient (Wildman–Crippen LogP) is 2.18. The highest BCUT2D eigenvalue weighted by Gasteiger charge is 2.24. The van der Waals surface area contributed by atoms with Crippen LogP contribution in [-0.4, -0.2) is 12.1 Å². The molecule has 68 valence electrons. The van der Waals surface area contributed by atoms with Gasteiger partial charge in [0.15, 0.2) is 0 Å². The van der Waals surface area contributed by atoms with Crippen LogP contribution >= 0.6 is 0 Å². The van der Waals surface area contributed by atoms with Gasteiger partial charge in [-0.3, -0.25) is 0 Å². The van der Waals surface area contributed by atoms with Gasteiger partial charge < -0.3 is 5.32 Å². The first-order valence-corrected chi connectivity index (χ1v) is 5.00. The Balaban J connectivity index is 2.34. The predicted molar refractivity (Wildman–Crippen MR) is 52.9 cm³/mol. The summed E-state index contributed by atoms with van der Waals surface area (Å²) in [5.74, 6) is 3.60. The summed E-state index contributed by atoms with van der Waals surface area (Å²) in [4.78, 5) is 0. The molecule has 0 aromatic rings. The summed E-state index contributed by atoms with van der Waals surface area (Å²) in [6.45, 7) is 4.45. The third kappa shape index (κ3) is 2.25. The molecule has 1 heteroatoms. The van der Waals surface area contributed by atoms with Crippen LogP contribution in [0.4, 0.5) is 0 Å². The Bertz CT molecular complexity index is 168. The fraction of sp³-hybridized carbons (Fsp3) is 0.818. The van der Waals surface area contributed by atoms with E-state index < -0.39 is 0 Å². The third-order valence-electron chi connectivity index (χ3n) is 2.89. The molecule has 1 aliphatic carbocycles. The molecule has 1 nitrogen and oxygen atoms in total. The van der Waals surface area contributed by atoms with Crippen molar-refractivity contribution in [3.63, 3.8) is 0 Å². The van der Waals surface area contributed by atoms with Crippen LogP contribution in [0.15, 0.2) is 0 Å². The molecular formula is C11H19N. The lowest BCUT2D eigenvalue weighted by atomic mass is 10.0. The van der Waals surface area contributed by atoms with E-state index in [1.807, 2.05) is 0 Å². The zero-order valence-corrected chi connectivity index (χ0v) is 8.14. The molecule has 0 radical (unpaired) electrons. The maximum atomic E-state index is 5.39. The van der Waals surface area contributed by atoms with E-state index in [4.69, 9.17) is 6.42 Å². The second kappa shape index (κ2) is 4.52. The van der Waals surface area contributed by atoms with Crippen LogP contribution in [0.2, 0.25) is 0 Å². The van der Waals surface area contributed by atoms with Crippen molar-refractivity contribution in [2.45, 2.75) is 51.6 Å². The monoisotopic (exact) mass is 165 g/mol. The zero-order chi connectivity index (χ0) is 8.97. The molecule has 0 spiro atoms. The zero-order valence-electron chi connectivity index (χ0n) is 8.14. The molecule has 1 N–H and O–H groups in total. The van der Waals surface area contributed by atoms with Crippen LogP contribution < -0.4 is 5.32 Å². The highest BCUT2D eigenvalue weighted by atomic mass is 15.0. The molecule has 0 aromatic heterocycles. The summed E-state index contributed by atoms with van der Waals surface area (Å²) in [6, 6.07) is 0.960. The number of nitrogens with one attached hydrogen (secondary N) is 1. The smallest absolute Gasteiger partial charge is 0.0686 e. The molecule has 3 atom stereocenters. The number of hydrogen-bond donors (Lipinski definition) is 1. The molecule has 0 amide bonds. The van der Waals surface area contributed by atoms with Gasteiger partial charge in [-0.2, -0.15) is 0 Å². The molecule has 1 aliphatic rings. The van der Waals surface area contributed by atoms with Gasteiger partial charge in [-0.05, 0) is 25.2 Å². The standard InChI is InChI=1S/C11H19N/c1-4-10(5-2)12-11-8-6-7-9(11)3/h1,9-12H,5-8H2,2-3H3. The summed E-state index contributed by atoms with van der Waals surface area (Å²) in [5, 5.41) is 3.53. The van der Waals surface area contributed by atoms with E-state index >= 15 is 0 Å². The Labute approximate surface area is 75.9 Å². The van der Waals surface area contributed by atoms with Gasteiger partial charge in [0.25, 0.3) is 0 Å². The largest absolute Gasteiger partial charge is 0.301 e. The third-order valence-corrected chi connectivity index (χ3v) is 2.89. The van der Waals surface area contributed by atoms with Crippen molar-refractivity contribution in [1.29, 1.82) is 0 Å². The Hall–Kier alpha value is -0.480. The first-order valence-electron chi connectivity index (χ1n) is 5.00. The molecule has 1 fully saturated rings. The summed E-state index contributed by atoms with van der Waals surface area (Å²) in [7, 11) is 0. The first kappa shape index (κ1) is 9.61. The Morgan fingerprint density at radius 1 is 1.58 bits per heavy atom. The molecule has 3 unspecified atom stereocenters. The van der Waals surface area contributed by atoms with Crippen LogP contribution in [0.25, 0.3) is 0 Å². The number of terminal acetylenes is 1. The fourth-order valence-electron chi connectivity index (χ4n) is 1.94. The summed E-state index contributed by atoms with van der Waals surface area (Å²) in [5.41, 5.74) is 0. The van der Waals surface area contributed by atoms with Crippen LogP contribution in [0.5, 0.6) is 0 Å². The van der Waals surface area contributed by atoms with E-state index in [-0.39, 0.29) is 6.04 Å². The summed E-state index contributed by atoms with van der Waals surface area (Å²) < 4.78 is 0. The Morgan fingerprint density at radius 3 is 2.75 bits per heavy atom. The molecule has 0 heterocycles. The average molecular weight is 165 g/mol. The molecule has 12 heavy (non-hydrogen) atoms.